The van der Waals surface area contributed by atoms with Crippen molar-refractivity contribution in [3.63, 3.8) is 0 Å². The molecule has 160 valence electrons. The van der Waals surface area contributed by atoms with E-state index in [1.165, 1.54) is 6.07 Å². The summed E-state index contributed by atoms with van der Waals surface area (Å²) in [7, 11) is 0. The standard InChI is InChI=1S/C21H13F4N5.Pt/c1-21(2,15-7-4-8-18(27-15)30-11-17(23)29-20(30)25)14-6-3-5-13(26-14)12-9-10-16(22)28-19(12)24;/h3-8,10H,1-2H3;/q-2;+2. The fourth-order valence-electron chi connectivity index (χ4n) is 2.95. The Balaban J connectivity index is 0.00000272. The van der Waals surface area contributed by atoms with Crippen molar-refractivity contribution in [3.8, 4) is 17.1 Å². The van der Waals surface area contributed by atoms with E-state index >= 15 is 0 Å². The summed E-state index contributed by atoms with van der Waals surface area (Å²) in [6.45, 7) is 3.64. The summed E-state index contributed by atoms with van der Waals surface area (Å²) in [6, 6.07) is 13.2. The summed E-state index contributed by atoms with van der Waals surface area (Å²) in [5.74, 6) is -2.99. The molecule has 0 atom stereocenters. The van der Waals surface area contributed by atoms with E-state index in [1.807, 2.05) is 13.8 Å². The molecule has 0 fully saturated rings. The molecule has 31 heavy (non-hydrogen) atoms. The second kappa shape index (κ2) is 8.67. The zero-order chi connectivity index (χ0) is 21.5. The van der Waals surface area contributed by atoms with Crippen molar-refractivity contribution in [1.29, 1.82) is 0 Å². The Hall–Kier alpha value is -2.93. The van der Waals surface area contributed by atoms with Crippen LogP contribution in [-0.2, 0) is 26.5 Å². The van der Waals surface area contributed by atoms with Gasteiger partial charge in [-0.05, 0) is 37.9 Å². The van der Waals surface area contributed by atoms with Crippen LogP contribution < -0.4 is 0 Å². The van der Waals surface area contributed by atoms with Crippen molar-refractivity contribution in [1.82, 2.24) is 24.5 Å². The Morgan fingerprint density at radius 2 is 1.55 bits per heavy atom. The van der Waals surface area contributed by atoms with Crippen molar-refractivity contribution >= 4 is 0 Å². The van der Waals surface area contributed by atoms with Gasteiger partial charge < -0.3 is 9.55 Å². The number of hydrogen-bond acceptors (Lipinski definition) is 4. The molecule has 0 aliphatic rings. The quantitative estimate of drug-likeness (QED) is 0.199. The Morgan fingerprint density at radius 3 is 2.19 bits per heavy atom. The van der Waals surface area contributed by atoms with Gasteiger partial charge in [-0.1, -0.05) is 35.9 Å². The summed E-state index contributed by atoms with van der Waals surface area (Å²) in [5.41, 5.74) is 0.362. The molecule has 0 aromatic carbocycles. The van der Waals surface area contributed by atoms with Crippen LogP contribution in [0.2, 0.25) is 0 Å². The van der Waals surface area contributed by atoms with E-state index in [9.17, 15) is 17.6 Å². The van der Waals surface area contributed by atoms with E-state index in [0.717, 1.165) is 10.6 Å². The Morgan fingerprint density at radius 1 is 0.871 bits per heavy atom. The van der Waals surface area contributed by atoms with Gasteiger partial charge in [-0.2, -0.15) is 4.39 Å². The predicted octanol–water partition coefficient (Wildman–Crippen LogP) is 4.20. The van der Waals surface area contributed by atoms with Crippen LogP contribution in [0.15, 0.2) is 42.5 Å². The monoisotopic (exact) mass is 606 g/mol. The molecule has 4 aromatic heterocycles. The summed E-state index contributed by atoms with van der Waals surface area (Å²) in [4.78, 5) is 15.1. The number of imidazole rings is 1. The molecule has 0 aliphatic carbocycles. The van der Waals surface area contributed by atoms with E-state index in [2.05, 4.69) is 32.2 Å². The van der Waals surface area contributed by atoms with Gasteiger partial charge in [0.15, 0.2) is 12.0 Å². The maximum atomic E-state index is 14.1. The third-order valence-electron chi connectivity index (χ3n) is 4.58. The van der Waals surface area contributed by atoms with Gasteiger partial charge >= 0.3 is 21.1 Å². The predicted molar refractivity (Wildman–Crippen MR) is 98.5 cm³/mol. The van der Waals surface area contributed by atoms with Crippen LogP contribution in [0.5, 0.6) is 0 Å². The minimum atomic E-state index is -1.08. The van der Waals surface area contributed by atoms with E-state index < -0.39 is 29.3 Å². The van der Waals surface area contributed by atoms with Crippen LogP contribution in [-0.4, -0.2) is 24.5 Å². The number of hydrogen-bond donors (Lipinski definition) is 0. The number of rotatable bonds is 4. The molecule has 4 aromatic rings. The van der Waals surface area contributed by atoms with Crippen molar-refractivity contribution in [2.24, 2.45) is 0 Å². The molecule has 0 radical (unpaired) electrons. The molecule has 0 N–H and O–H groups in total. The van der Waals surface area contributed by atoms with E-state index in [4.69, 9.17) is 0 Å². The Bertz CT molecular complexity index is 1240. The third kappa shape index (κ3) is 4.42. The fraction of sp³-hybridized carbons (Fsp3) is 0.143. The first-order valence-corrected chi connectivity index (χ1v) is 8.78. The van der Waals surface area contributed by atoms with Gasteiger partial charge in [0.1, 0.15) is 11.9 Å². The van der Waals surface area contributed by atoms with Gasteiger partial charge in [-0.25, -0.2) is 13.2 Å². The Labute approximate surface area is 189 Å². The zero-order valence-electron chi connectivity index (χ0n) is 16.1. The molecule has 4 heterocycles. The van der Waals surface area contributed by atoms with Crippen LogP contribution >= 0.6 is 0 Å². The molecule has 0 saturated heterocycles. The van der Waals surface area contributed by atoms with Gasteiger partial charge in [-0.15, -0.1) is 6.07 Å². The smallest absolute Gasteiger partial charge is 0.421 e. The molecule has 0 bridgehead atoms. The number of pyridine rings is 3. The van der Waals surface area contributed by atoms with Crippen LogP contribution in [0, 0.1) is 36.2 Å². The summed E-state index contributed by atoms with van der Waals surface area (Å²) in [6.07, 6.45) is 1.04. The van der Waals surface area contributed by atoms with Crippen molar-refractivity contribution in [3.05, 3.63) is 90.0 Å². The first kappa shape index (κ1) is 22.7. The SMILES string of the molecule is CC(C)(c1cccc(-c2[c-]cc(F)nc2F)n1)c1cccc(-n2[c-]c(F)nc2F)n1.[Pt+2]. The van der Waals surface area contributed by atoms with Crippen LogP contribution in [0.1, 0.15) is 25.2 Å². The van der Waals surface area contributed by atoms with Crippen molar-refractivity contribution < 1.29 is 38.6 Å². The van der Waals surface area contributed by atoms with Gasteiger partial charge in [0.25, 0.3) is 0 Å². The van der Waals surface area contributed by atoms with Crippen LogP contribution in [0.25, 0.3) is 17.1 Å². The van der Waals surface area contributed by atoms with E-state index in [1.54, 1.807) is 30.3 Å². The number of aromatic nitrogens is 5. The molecule has 5 nitrogen and oxygen atoms in total. The molecule has 10 heteroatoms. The topological polar surface area (TPSA) is 56.5 Å². The summed E-state index contributed by atoms with van der Waals surface area (Å²) in [5, 5.41) is 0. The van der Waals surface area contributed by atoms with Gasteiger partial charge in [0.05, 0.1) is 0 Å². The first-order chi connectivity index (χ1) is 14.3. The van der Waals surface area contributed by atoms with Crippen LogP contribution in [0.3, 0.4) is 0 Å². The fourth-order valence-corrected chi connectivity index (χ4v) is 2.95. The summed E-state index contributed by atoms with van der Waals surface area (Å²) < 4.78 is 54.9. The van der Waals surface area contributed by atoms with Crippen molar-refractivity contribution in [2.75, 3.05) is 0 Å². The minimum Gasteiger partial charge on any atom is -0.421 e. The van der Waals surface area contributed by atoms with Gasteiger partial charge in [0.2, 0.25) is 0 Å². The second-order valence-corrected chi connectivity index (χ2v) is 6.92. The third-order valence-corrected chi connectivity index (χ3v) is 4.58. The molecular formula is C21H13F4N5Pt. The second-order valence-electron chi connectivity index (χ2n) is 6.92. The van der Waals surface area contributed by atoms with Crippen LogP contribution in [0.4, 0.5) is 17.6 Å². The zero-order valence-corrected chi connectivity index (χ0v) is 18.4. The molecule has 4 rings (SSSR count). The minimum absolute atomic E-state index is 0. The molecule has 0 spiro atoms. The number of halogens is 4. The average Bonchev–Trinajstić information content (AvgIpc) is 3.06. The molecule has 0 unspecified atom stereocenters. The Kier molecular flexibility index (Phi) is 6.36. The molecule has 0 saturated carbocycles. The largest absolute Gasteiger partial charge is 2.00 e. The average molecular weight is 606 g/mol. The summed E-state index contributed by atoms with van der Waals surface area (Å²) >= 11 is 0. The normalized spacial score (nSPS) is 11.3. The van der Waals surface area contributed by atoms with E-state index in [-0.39, 0.29) is 38.1 Å². The van der Waals surface area contributed by atoms with E-state index in [0.29, 0.717) is 11.4 Å². The number of nitrogens with zero attached hydrogens (tertiary/aromatic N) is 5. The maximum Gasteiger partial charge on any atom is 2.00 e. The first-order valence-electron chi connectivity index (χ1n) is 8.78. The maximum absolute atomic E-state index is 14.1. The molecule has 0 amide bonds. The molecular weight excluding hydrogens is 593 g/mol. The van der Waals surface area contributed by atoms with Gasteiger partial charge in [0, 0.05) is 22.6 Å². The van der Waals surface area contributed by atoms with Gasteiger partial charge in [-0.3, -0.25) is 15.0 Å². The molecule has 0 aliphatic heterocycles. The van der Waals surface area contributed by atoms with Crippen molar-refractivity contribution in [2.45, 2.75) is 19.3 Å².